The summed E-state index contributed by atoms with van der Waals surface area (Å²) < 4.78 is 0. The van der Waals surface area contributed by atoms with Gasteiger partial charge in [0, 0.05) is 19.5 Å². The molecule has 8 nitrogen and oxygen atoms in total. The van der Waals surface area contributed by atoms with Crippen LogP contribution in [0.25, 0.3) is 0 Å². The number of benzene rings is 2. The van der Waals surface area contributed by atoms with Gasteiger partial charge in [0.25, 0.3) is 0 Å². The van der Waals surface area contributed by atoms with Gasteiger partial charge in [0.2, 0.25) is 17.7 Å². The molecule has 33 heavy (non-hydrogen) atoms. The van der Waals surface area contributed by atoms with Crippen molar-refractivity contribution in [3.63, 3.8) is 0 Å². The van der Waals surface area contributed by atoms with Crippen LogP contribution >= 0.6 is 0 Å². The maximum atomic E-state index is 12.4. The van der Waals surface area contributed by atoms with Gasteiger partial charge < -0.3 is 10.6 Å². The van der Waals surface area contributed by atoms with Crippen molar-refractivity contribution >= 4 is 17.7 Å². The van der Waals surface area contributed by atoms with E-state index in [1.54, 1.807) is 10.4 Å². The van der Waals surface area contributed by atoms with Gasteiger partial charge in [-0.2, -0.15) is 0 Å². The van der Waals surface area contributed by atoms with Crippen LogP contribution in [0, 0.1) is 0 Å². The van der Waals surface area contributed by atoms with Crippen LogP contribution in [-0.2, 0) is 27.2 Å². The number of hydrogen-bond acceptors (Lipinski definition) is 5. The molecule has 8 heteroatoms. The van der Waals surface area contributed by atoms with E-state index in [1.165, 1.54) is 0 Å². The minimum absolute atomic E-state index is 0.104. The first-order valence-electron chi connectivity index (χ1n) is 11.3. The molecule has 0 spiro atoms. The molecule has 0 aliphatic carbocycles. The SMILES string of the molecule is O=C(CCCCN(CC(=O)NCCc1ccccc1)CC(=O)NCCc1ccccc1)NO. The van der Waals surface area contributed by atoms with Gasteiger partial charge in [-0.3, -0.25) is 24.5 Å². The fraction of sp³-hybridized carbons (Fsp3) is 0.400. The van der Waals surface area contributed by atoms with Gasteiger partial charge >= 0.3 is 0 Å². The topological polar surface area (TPSA) is 111 Å². The molecule has 0 aliphatic rings. The lowest BCUT2D eigenvalue weighted by Crippen LogP contribution is -2.44. The largest absolute Gasteiger partial charge is 0.355 e. The zero-order chi connectivity index (χ0) is 23.7. The van der Waals surface area contributed by atoms with E-state index in [9.17, 15) is 14.4 Å². The molecule has 0 bridgehead atoms. The van der Waals surface area contributed by atoms with Crippen molar-refractivity contribution in [1.29, 1.82) is 0 Å². The van der Waals surface area contributed by atoms with Crippen molar-refractivity contribution < 1.29 is 19.6 Å². The molecule has 0 unspecified atom stereocenters. The van der Waals surface area contributed by atoms with Crippen LogP contribution in [0.1, 0.15) is 30.4 Å². The van der Waals surface area contributed by atoms with Gasteiger partial charge in [-0.05, 0) is 43.4 Å². The number of amides is 3. The third-order valence-corrected chi connectivity index (χ3v) is 5.14. The van der Waals surface area contributed by atoms with Crippen LogP contribution in [0.3, 0.4) is 0 Å². The van der Waals surface area contributed by atoms with E-state index in [0.29, 0.717) is 32.5 Å². The van der Waals surface area contributed by atoms with E-state index in [1.807, 2.05) is 60.7 Å². The Bertz CT molecular complexity index is 787. The Balaban J connectivity index is 1.76. The molecule has 2 aromatic rings. The standard InChI is InChI=1S/C25H34N4O4/c30-23(28-33)13-7-8-18-29(19-24(31)26-16-14-21-9-3-1-4-10-21)20-25(32)27-17-15-22-11-5-2-6-12-22/h1-6,9-12,33H,7-8,13-20H2,(H,26,31)(H,27,32)(H,28,30). The highest BCUT2D eigenvalue weighted by atomic mass is 16.5. The first kappa shape index (κ1) is 26.0. The second-order valence-electron chi connectivity index (χ2n) is 7.87. The van der Waals surface area contributed by atoms with Crippen LogP contribution in [0.2, 0.25) is 0 Å². The second-order valence-corrected chi connectivity index (χ2v) is 7.87. The smallest absolute Gasteiger partial charge is 0.243 e. The number of carbonyl (C=O) groups excluding carboxylic acids is 3. The molecule has 2 aromatic carbocycles. The Morgan fingerprint density at radius 2 is 1.18 bits per heavy atom. The van der Waals surface area contributed by atoms with Crippen LogP contribution in [0.15, 0.2) is 60.7 Å². The lowest BCUT2D eigenvalue weighted by molar-refractivity contribution is -0.129. The van der Waals surface area contributed by atoms with E-state index < -0.39 is 5.91 Å². The van der Waals surface area contributed by atoms with Crippen LogP contribution in [0.5, 0.6) is 0 Å². The molecule has 0 radical (unpaired) electrons. The number of hydrogen-bond donors (Lipinski definition) is 4. The molecule has 0 aliphatic heterocycles. The van der Waals surface area contributed by atoms with Gasteiger partial charge in [0.15, 0.2) is 0 Å². The first-order valence-corrected chi connectivity index (χ1v) is 11.3. The van der Waals surface area contributed by atoms with E-state index in [-0.39, 0.29) is 31.3 Å². The van der Waals surface area contributed by atoms with Gasteiger partial charge in [0.05, 0.1) is 13.1 Å². The quantitative estimate of drug-likeness (QED) is 0.186. The minimum atomic E-state index is -0.445. The number of nitrogens with zero attached hydrogens (tertiary/aromatic N) is 1. The molecule has 2 rings (SSSR count). The maximum absolute atomic E-state index is 12.4. The summed E-state index contributed by atoms with van der Waals surface area (Å²) in [6, 6.07) is 19.8. The zero-order valence-electron chi connectivity index (χ0n) is 19.0. The molecule has 0 saturated carbocycles. The van der Waals surface area contributed by atoms with Crippen LogP contribution < -0.4 is 16.1 Å². The molecule has 178 valence electrons. The van der Waals surface area contributed by atoms with Crippen molar-refractivity contribution in [3.05, 3.63) is 71.8 Å². The summed E-state index contributed by atoms with van der Waals surface area (Å²) in [7, 11) is 0. The third kappa shape index (κ3) is 11.8. The number of carbonyl (C=O) groups is 3. The van der Waals surface area contributed by atoms with Gasteiger partial charge in [0.1, 0.15) is 0 Å². The predicted molar refractivity (Wildman–Crippen MR) is 127 cm³/mol. The van der Waals surface area contributed by atoms with Gasteiger partial charge in [-0.25, -0.2) is 5.48 Å². The van der Waals surface area contributed by atoms with Gasteiger partial charge in [-0.1, -0.05) is 60.7 Å². The average Bonchev–Trinajstić information content (AvgIpc) is 2.83. The van der Waals surface area contributed by atoms with Crippen molar-refractivity contribution in [2.45, 2.75) is 32.1 Å². The number of unbranched alkanes of at least 4 members (excludes halogenated alkanes) is 1. The van der Waals surface area contributed by atoms with Crippen molar-refractivity contribution in [1.82, 2.24) is 21.0 Å². The monoisotopic (exact) mass is 454 g/mol. The lowest BCUT2D eigenvalue weighted by Gasteiger charge is -2.21. The summed E-state index contributed by atoms with van der Waals surface area (Å²) in [5.74, 6) is -0.730. The van der Waals surface area contributed by atoms with E-state index in [4.69, 9.17) is 5.21 Å². The number of hydroxylamine groups is 1. The van der Waals surface area contributed by atoms with E-state index in [0.717, 1.165) is 24.0 Å². The maximum Gasteiger partial charge on any atom is 0.243 e. The normalized spacial score (nSPS) is 10.6. The fourth-order valence-corrected chi connectivity index (χ4v) is 3.39. The Morgan fingerprint density at radius 1 is 0.697 bits per heavy atom. The van der Waals surface area contributed by atoms with Crippen molar-refractivity contribution in [2.24, 2.45) is 0 Å². The summed E-state index contributed by atoms with van der Waals surface area (Å²) in [4.78, 5) is 37.8. The first-order chi connectivity index (χ1) is 16.1. The van der Waals surface area contributed by atoms with Crippen molar-refractivity contribution in [3.8, 4) is 0 Å². The molecular weight excluding hydrogens is 420 g/mol. The molecule has 0 heterocycles. The molecule has 0 saturated heterocycles. The predicted octanol–water partition coefficient (Wildman–Crippen LogP) is 1.68. The van der Waals surface area contributed by atoms with E-state index >= 15 is 0 Å². The Hall–Kier alpha value is -3.23. The lowest BCUT2D eigenvalue weighted by atomic mass is 10.1. The van der Waals surface area contributed by atoms with Crippen LogP contribution in [0.4, 0.5) is 0 Å². The summed E-state index contributed by atoms with van der Waals surface area (Å²) in [6.07, 6.45) is 2.85. The summed E-state index contributed by atoms with van der Waals surface area (Å²) in [6.45, 7) is 1.75. The Labute approximate surface area is 195 Å². The fourth-order valence-electron chi connectivity index (χ4n) is 3.39. The summed E-state index contributed by atoms with van der Waals surface area (Å²) in [5, 5.41) is 14.4. The minimum Gasteiger partial charge on any atom is -0.355 e. The molecule has 0 fully saturated rings. The summed E-state index contributed by atoms with van der Waals surface area (Å²) in [5.41, 5.74) is 3.91. The van der Waals surface area contributed by atoms with Crippen molar-refractivity contribution in [2.75, 3.05) is 32.7 Å². The highest BCUT2D eigenvalue weighted by Gasteiger charge is 2.14. The third-order valence-electron chi connectivity index (χ3n) is 5.14. The molecule has 0 aromatic heterocycles. The number of nitrogens with one attached hydrogen (secondary N) is 3. The highest BCUT2D eigenvalue weighted by Crippen LogP contribution is 2.01. The van der Waals surface area contributed by atoms with Gasteiger partial charge in [-0.15, -0.1) is 0 Å². The van der Waals surface area contributed by atoms with E-state index in [2.05, 4.69) is 10.6 Å². The summed E-state index contributed by atoms with van der Waals surface area (Å²) >= 11 is 0. The molecule has 3 amide bonds. The second kappa shape index (κ2) is 15.6. The zero-order valence-corrected chi connectivity index (χ0v) is 19.0. The Morgan fingerprint density at radius 3 is 1.64 bits per heavy atom. The molecular formula is C25H34N4O4. The highest BCUT2D eigenvalue weighted by molar-refractivity contribution is 5.81. The molecule has 0 atom stereocenters. The average molecular weight is 455 g/mol. The molecule has 4 N–H and O–H groups in total. The Kier molecular flexibility index (Phi) is 12.3. The van der Waals surface area contributed by atoms with Crippen LogP contribution in [-0.4, -0.2) is 60.6 Å². The number of rotatable bonds is 15.